The molecule has 1 fully saturated rings. The van der Waals surface area contributed by atoms with E-state index in [4.69, 9.17) is 0 Å². The largest absolute Gasteiger partial charge is 0.334 e. The van der Waals surface area contributed by atoms with Gasteiger partial charge in [-0.05, 0) is 49.8 Å². The van der Waals surface area contributed by atoms with Crippen LogP contribution in [0.25, 0.3) is 0 Å². The van der Waals surface area contributed by atoms with Crippen molar-refractivity contribution in [2.75, 3.05) is 0 Å². The number of hydrogen-bond donors (Lipinski definition) is 1. The Balaban J connectivity index is 2.14. The third kappa shape index (κ3) is 3.62. The van der Waals surface area contributed by atoms with Crippen LogP contribution in [0.5, 0.6) is 0 Å². The highest BCUT2D eigenvalue weighted by molar-refractivity contribution is 9.10. The molecular formula is C16H18BrFN2O. The minimum atomic E-state index is -0.864. The van der Waals surface area contributed by atoms with E-state index in [9.17, 15) is 14.4 Å². The van der Waals surface area contributed by atoms with Crippen LogP contribution in [-0.4, -0.2) is 11.4 Å². The second kappa shape index (κ2) is 6.57. The molecule has 1 aliphatic carbocycles. The smallest absolute Gasteiger partial charge is 0.255 e. The summed E-state index contributed by atoms with van der Waals surface area (Å²) in [7, 11) is 0. The Hall–Kier alpha value is -1.41. The van der Waals surface area contributed by atoms with Gasteiger partial charge >= 0.3 is 0 Å². The van der Waals surface area contributed by atoms with Gasteiger partial charge in [0.25, 0.3) is 5.91 Å². The zero-order chi connectivity index (χ0) is 15.5. The predicted molar refractivity (Wildman–Crippen MR) is 82.2 cm³/mol. The van der Waals surface area contributed by atoms with Crippen LogP contribution in [0.1, 0.15) is 49.4 Å². The van der Waals surface area contributed by atoms with Crippen molar-refractivity contribution in [1.82, 2.24) is 5.32 Å². The Morgan fingerprint density at radius 2 is 2.19 bits per heavy atom. The highest BCUT2D eigenvalue weighted by atomic mass is 79.9. The molecular weight excluding hydrogens is 335 g/mol. The Kier molecular flexibility index (Phi) is 5.00. The van der Waals surface area contributed by atoms with Crippen LogP contribution in [0, 0.1) is 23.1 Å². The molecule has 1 aromatic carbocycles. The number of nitriles is 1. The molecule has 3 nitrogen and oxygen atoms in total. The van der Waals surface area contributed by atoms with Gasteiger partial charge in [-0.2, -0.15) is 5.26 Å². The Labute approximate surface area is 132 Å². The Morgan fingerprint density at radius 1 is 1.52 bits per heavy atom. The molecule has 0 heterocycles. The number of carbonyl (C=O) groups is 1. The van der Waals surface area contributed by atoms with E-state index >= 15 is 0 Å². The fraction of sp³-hybridized carbons (Fsp3) is 0.500. The van der Waals surface area contributed by atoms with Crippen molar-refractivity contribution in [2.45, 2.75) is 44.6 Å². The van der Waals surface area contributed by atoms with E-state index < -0.39 is 17.3 Å². The van der Waals surface area contributed by atoms with Gasteiger partial charge in [0, 0.05) is 4.47 Å². The first-order valence-corrected chi connectivity index (χ1v) is 7.98. The monoisotopic (exact) mass is 352 g/mol. The molecule has 21 heavy (non-hydrogen) atoms. The van der Waals surface area contributed by atoms with Crippen LogP contribution in [0.15, 0.2) is 22.7 Å². The zero-order valence-corrected chi connectivity index (χ0v) is 13.5. The minimum Gasteiger partial charge on any atom is -0.334 e. The second-order valence-corrected chi connectivity index (χ2v) is 6.54. The van der Waals surface area contributed by atoms with Gasteiger partial charge in [0.05, 0.1) is 11.6 Å². The average Bonchev–Trinajstić information content (AvgIpc) is 2.50. The van der Waals surface area contributed by atoms with Crippen molar-refractivity contribution in [1.29, 1.82) is 5.26 Å². The van der Waals surface area contributed by atoms with Crippen LogP contribution in [0.3, 0.4) is 0 Å². The lowest BCUT2D eigenvalue weighted by Gasteiger charge is -2.35. The molecule has 0 aromatic heterocycles. The van der Waals surface area contributed by atoms with Crippen LogP contribution >= 0.6 is 15.9 Å². The van der Waals surface area contributed by atoms with E-state index in [-0.39, 0.29) is 5.56 Å². The van der Waals surface area contributed by atoms with Gasteiger partial charge in [0.1, 0.15) is 11.4 Å². The predicted octanol–water partition coefficient (Wildman–Crippen LogP) is 4.18. The molecule has 1 saturated carbocycles. The summed E-state index contributed by atoms with van der Waals surface area (Å²) < 4.78 is 14.4. The zero-order valence-electron chi connectivity index (χ0n) is 12.0. The molecule has 1 N–H and O–H groups in total. The van der Waals surface area contributed by atoms with Gasteiger partial charge in [-0.1, -0.05) is 29.3 Å². The molecule has 0 unspecified atom stereocenters. The number of nitrogens with zero attached hydrogens (tertiary/aromatic N) is 1. The lowest BCUT2D eigenvalue weighted by molar-refractivity contribution is 0.0887. The van der Waals surface area contributed by atoms with Crippen LogP contribution < -0.4 is 5.32 Å². The van der Waals surface area contributed by atoms with Crippen LogP contribution in [-0.2, 0) is 0 Å². The first-order valence-electron chi connectivity index (χ1n) is 7.18. The Morgan fingerprint density at radius 3 is 2.76 bits per heavy atom. The molecule has 0 spiro atoms. The summed E-state index contributed by atoms with van der Waals surface area (Å²) in [4.78, 5) is 12.3. The Bertz CT molecular complexity index is 574. The summed E-state index contributed by atoms with van der Waals surface area (Å²) in [6.45, 7) is 2.14. The number of amides is 1. The third-order valence-corrected chi connectivity index (χ3v) is 4.77. The van der Waals surface area contributed by atoms with Crippen molar-refractivity contribution < 1.29 is 9.18 Å². The third-order valence-electron chi connectivity index (χ3n) is 4.28. The molecule has 5 heteroatoms. The average molecular weight is 353 g/mol. The van der Waals surface area contributed by atoms with E-state index in [1.807, 2.05) is 0 Å². The van der Waals surface area contributed by atoms with Crippen molar-refractivity contribution in [3.63, 3.8) is 0 Å². The van der Waals surface area contributed by atoms with Crippen molar-refractivity contribution in [3.05, 3.63) is 34.1 Å². The van der Waals surface area contributed by atoms with E-state index in [0.717, 1.165) is 19.3 Å². The maximum atomic E-state index is 13.8. The number of hydrogen-bond acceptors (Lipinski definition) is 2. The number of rotatable bonds is 3. The molecule has 0 radical (unpaired) electrons. The van der Waals surface area contributed by atoms with Crippen molar-refractivity contribution in [3.8, 4) is 6.07 Å². The summed E-state index contributed by atoms with van der Waals surface area (Å²) in [6, 6.07) is 6.45. The number of carbonyl (C=O) groups excluding carboxylic acids is 1. The first-order chi connectivity index (χ1) is 9.99. The van der Waals surface area contributed by atoms with E-state index in [2.05, 4.69) is 34.2 Å². The van der Waals surface area contributed by atoms with E-state index in [1.54, 1.807) is 6.07 Å². The highest BCUT2D eigenvalue weighted by Crippen LogP contribution is 2.33. The lowest BCUT2D eigenvalue weighted by atomic mass is 9.76. The summed E-state index contributed by atoms with van der Waals surface area (Å²) in [6.07, 6.45) is 4.19. The summed E-state index contributed by atoms with van der Waals surface area (Å²) in [5.41, 5.74) is -0.894. The van der Waals surface area contributed by atoms with Crippen molar-refractivity contribution in [2.24, 2.45) is 5.92 Å². The molecule has 112 valence electrons. The molecule has 0 aliphatic heterocycles. The topological polar surface area (TPSA) is 52.9 Å². The number of benzene rings is 1. The van der Waals surface area contributed by atoms with Crippen LogP contribution in [0.2, 0.25) is 0 Å². The first kappa shape index (κ1) is 16.0. The molecule has 1 amide bonds. The van der Waals surface area contributed by atoms with E-state index in [1.165, 1.54) is 12.1 Å². The molecule has 2 rings (SSSR count). The van der Waals surface area contributed by atoms with Gasteiger partial charge < -0.3 is 5.32 Å². The van der Waals surface area contributed by atoms with E-state index in [0.29, 0.717) is 23.2 Å². The van der Waals surface area contributed by atoms with Crippen molar-refractivity contribution >= 4 is 21.8 Å². The lowest BCUT2D eigenvalue weighted by Crippen LogP contribution is -2.49. The molecule has 1 aromatic rings. The molecule has 1 aliphatic rings. The van der Waals surface area contributed by atoms with Gasteiger partial charge in [-0.15, -0.1) is 0 Å². The number of nitrogens with one attached hydrogen (secondary N) is 1. The second-order valence-electron chi connectivity index (χ2n) is 5.62. The standard InChI is InChI=1S/C16H18BrFN2O/c1-2-11-5-7-16(10-19,8-6-11)20-15(21)13-9-12(17)3-4-14(13)18/h3-4,9,11H,2,5-8H2,1H3,(H,20,21). The fourth-order valence-corrected chi connectivity index (χ4v) is 3.16. The minimum absolute atomic E-state index is 0.0309. The summed E-state index contributed by atoms with van der Waals surface area (Å²) in [5, 5.41) is 12.2. The maximum Gasteiger partial charge on any atom is 0.255 e. The fourth-order valence-electron chi connectivity index (χ4n) is 2.80. The van der Waals surface area contributed by atoms with Gasteiger partial charge in [0.15, 0.2) is 0 Å². The highest BCUT2D eigenvalue weighted by Gasteiger charge is 2.37. The summed E-state index contributed by atoms with van der Waals surface area (Å²) in [5.74, 6) is -0.484. The van der Waals surface area contributed by atoms with Gasteiger partial charge in [-0.25, -0.2) is 4.39 Å². The maximum absolute atomic E-state index is 13.8. The van der Waals surface area contributed by atoms with Gasteiger partial charge in [0.2, 0.25) is 0 Å². The molecule has 0 saturated heterocycles. The molecule has 0 atom stereocenters. The summed E-state index contributed by atoms with van der Waals surface area (Å²) >= 11 is 3.23. The van der Waals surface area contributed by atoms with Crippen LogP contribution in [0.4, 0.5) is 4.39 Å². The normalized spacial score (nSPS) is 25.1. The SMILES string of the molecule is CCC1CCC(C#N)(NC(=O)c2cc(Br)ccc2F)CC1. The number of halogens is 2. The van der Waals surface area contributed by atoms with Gasteiger partial charge in [-0.3, -0.25) is 4.79 Å². The molecule has 0 bridgehead atoms. The quantitative estimate of drug-likeness (QED) is 0.886.